The van der Waals surface area contributed by atoms with Crippen LogP contribution in [-0.2, 0) is 6.42 Å². The predicted molar refractivity (Wildman–Crippen MR) is 90.2 cm³/mol. The van der Waals surface area contributed by atoms with Gasteiger partial charge < -0.3 is 14.6 Å². The van der Waals surface area contributed by atoms with Crippen LogP contribution >= 0.6 is 0 Å². The first-order chi connectivity index (χ1) is 11.1. The van der Waals surface area contributed by atoms with Crippen molar-refractivity contribution in [3.05, 3.63) is 23.3 Å². The van der Waals surface area contributed by atoms with Gasteiger partial charge in [-0.15, -0.1) is 0 Å². The fourth-order valence-corrected chi connectivity index (χ4v) is 5.96. The number of aryl methyl sites for hydroxylation is 1. The van der Waals surface area contributed by atoms with E-state index in [0.29, 0.717) is 23.2 Å². The molecule has 3 heteroatoms. The van der Waals surface area contributed by atoms with Crippen molar-refractivity contribution in [2.24, 2.45) is 17.3 Å². The lowest BCUT2D eigenvalue weighted by Crippen LogP contribution is -2.39. The molecule has 0 bridgehead atoms. The van der Waals surface area contributed by atoms with E-state index in [1.54, 1.807) is 14.2 Å². The Morgan fingerprint density at radius 2 is 2.00 bits per heavy atom. The minimum absolute atomic E-state index is 0.0945. The van der Waals surface area contributed by atoms with Crippen LogP contribution in [0, 0.1) is 17.3 Å². The zero-order valence-corrected chi connectivity index (χ0v) is 14.5. The minimum Gasteiger partial charge on any atom is -0.497 e. The zero-order chi connectivity index (χ0) is 16.2. The Bertz CT molecular complexity index is 594. The lowest BCUT2D eigenvalue weighted by atomic mass is 9.56. The molecule has 0 radical (unpaired) electrons. The molecule has 3 aliphatic carbocycles. The van der Waals surface area contributed by atoms with Crippen LogP contribution < -0.4 is 9.47 Å². The maximum absolute atomic E-state index is 10.2. The second kappa shape index (κ2) is 5.41. The summed E-state index contributed by atoms with van der Waals surface area (Å²) >= 11 is 0. The van der Waals surface area contributed by atoms with Gasteiger partial charge in [0.25, 0.3) is 0 Å². The highest BCUT2D eigenvalue weighted by atomic mass is 16.5. The molecule has 0 amide bonds. The van der Waals surface area contributed by atoms with E-state index < -0.39 is 0 Å². The van der Waals surface area contributed by atoms with E-state index >= 15 is 0 Å². The van der Waals surface area contributed by atoms with Gasteiger partial charge in [-0.1, -0.05) is 6.92 Å². The number of methoxy groups -OCH3 is 2. The van der Waals surface area contributed by atoms with Crippen molar-refractivity contribution in [1.82, 2.24) is 0 Å². The van der Waals surface area contributed by atoms with Gasteiger partial charge in [0.1, 0.15) is 11.5 Å². The van der Waals surface area contributed by atoms with E-state index in [9.17, 15) is 5.11 Å². The van der Waals surface area contributed by atoms with E-state index in [1.807, 2.05) is 6.07 Å². The lowest BCUT2D eigenvalue weighted by molar-refractivity contribution is 0.0586. The molecule has 0 aromatic heterocycles. The van der Waals surface area contributed by atoms with Crippen molar-refractivity contribution in [3.8, 4) is 11.5 Å². The van der Waals surface area contributed by atoms with Crippen LogP contribution in [0.15, 0.2) is 12.1 Å². The molecule has 0 saturated heterocycles. The molecule has 1 aromatic carbocycles. The number of rotatable bonds is 2. The topological polar surface area (TPSA) is 38.7 Å². The third kappa shape index (κ3) is 2.27. The Labute approximate surface area is 139 Å². The van der Waals surface area contributed by atoms with Crippen LogP contribution in [0.5, 0.6) is 11.5 Å². The molecular formula is C20H28O3. The van der Waals surface area contributed by atoms with Crippen LogP contribution in [0.4, 0.5) is 0 Å². The number of hydrogen-bond acceptors (Lipinski definition) is 3. The molecule has 5 atom stereocenters. The summed E-state index contributed by atoms with van der Waals surface area (Å²) in [4.78, 5) is 0. The van der Waals surface area contributed by atoms with E-state index in [-0.39, 0.29) is 6.10 Å². The monoisotopic (exact) mass is 316 g/mol. The summed E-state index contributed by atoms with van der Waals surface area (Å²) < 4.78 is 11.2. The highest BCUT2D eigenvalue weighted by molar-refractivity contribution is 5.50. The molecule has 0 aliphatic heterocycles. The van der Waals surface area contributed by atoms with Crippen LogP contribution in [0.2, 0.25) is 0 Å². The van der Waals surface area contributed by atoms with E-state index in [1.165, 1.54) is 30.4 Å². The average molecular weight is 316 g/mol. The Morgan fingerprint density at radius 3 is 2.74 bits per heavy atom. The second-order valence-electron chi connectivity index (χ2n) is 8.10. The molecule has 0 spiro atoms. The van der Waals surface area contributed by atoms with Gasteiger partial charge in [0.05, 0.1) is 20.3 Å². The molecule has 3 nitrogen and oxygen atoms in total. The summed E-state index contributed by atoms with van der Waals surface area (Å²) in [6.45, 7) is 2.41. The highest BCUT2D eigenvalue weighted by Crippen LogP contribution is 2.62. The summed E-state index contributed by atoms with van der Waals surface area (Å²) in [7, 11) is 3.49. The average Bonchev–Trinajstić information content (AvgIpc) is 2.87. The molecule has 1 N–H and O–H groups in total. The minimum atomic E-state index is -0.0945. The molecule has 126 valence electrons. The molecule has 0 unspecified atom stereocenters. The molecule has 2 fully saturated rings. The van der Waals surface area contributed by atoms with Gasteiger partial charge in [0.2, 0.25) is 0 Å². The van der Waals surface area contributed by atoms with Crippen molar-refractivity contribution >= 4 is 0 Å². The molecule has 1 aromatic rings. The summed E-state index contributed by atoms with van der Waals surface area (Å²) in [6.07, 6.45) is 6.68. The maximum Gasteiger partial charge on any atom is 0.126 e. The van der Waals surface area contributed by atoms with Gasteiger partial charge in [0.15, 0.2) is 0 Å². The fraction of sp³-hybridized carbons (Fsp3) is 0.700. The van der Waals surface area contributed by atoms with Crippen LogP contribution in [0.1, 0.15) is 56.1 Å². The van der Waals surface area contributed by atoms with Gasteiger partial charge in [-0.2, -0.15) is 0 Å². The summed E-state index contributed by atoms with van der Waals surface area (Å²) in [6, 6.07) is 4.24. The lowest BCUT2D eigenvalue weighted by Gasteiger charge is -2.49. The quantitative estimate of drug-likeness (QED) is 0.899. The normalized spacial score (nSPS) is 38.4. The maximum atomic E-state index is 10.2. The Balaban J connectivity index is 1.74. The zero-order valence-electron chi connectivity index (χ0n) is 14.5. The molecular weight excluding hydrogens is 288 g/mol. The first kappa shape index (κ1) is 15.3. The number of fused-ring (bicyclic) bond motifs is 5. The molecule has 0 heterocycles. The number of hydrogen-bond donors (Lipinski definition) is 1. The largest absolute Gasteiger partial charge is 0.497 e. The third-order valence-electron chi connectivity index (χ3n) is 6.96. The number of aliphatic hydroxyl groups excluding tert-OH is 1. The van der Waals surface area contributed by atoms with E-state index in [2.05, 4.69) is 13.0 Å². The van der Waals surface area contributed by atoms with Crippen molar-refractivity contribution in [1.29, 1.82) is 0 Å². The Kier molecular flexibility index (Phi) is 3.60. The summed E-state index contributed by atoms with van der Waals surface area (Å²) in [5.41, 5.74) is 3.18. The Hall–Kier alpha value is -1.22. The molecule has 2 saturated carbocycles. The highest BCUT2D eigenvalue weighted by Gasteiger charge is 2.53. The van der Waals surface area contributed by atoms with Crippen LogP contribution in [-0.4, -0.2) is 25.4 Å². The van der Waals surface area contributed by atoms with E-state index in [0.717, 1.165) is 30.8 Å². The smallest absolute Gasteiger partial charge is 0.126 e. The standard InChI is InChI=1S/C20H28O3/c1-20-7-6-16-15(17(20)9-13(21)11-20)5-4-12-8-14(22-2)10-18(23-3)19(12)16/h8,10,13,15-17,21H,4-7,9,11H2,1-3H3/t13-,15+,16-,17-,20+/m0/s1. The van der Waals surface area contributed by atoms with Crippen molar-refractivity contribution < 1.29 is 14.6 Å². The van der Waals surface area contributed by atoms with Crippen molar-refractivity contribution in [2.45, 2.75) is 57.5 Å². The van der Waals surface area contributed by atoms with Crippen LogP contribution in [0.3, 0.4) is 0 Å². The second-order valence-corrected chi connectivity index (χ2v) is 8.10. The number of aliphatic hydroxyl groups is 1. The summed E-state index contributed by atoms with van der Waals surface area (Å²) in [5, 5.41) is 10.2. The van der Waals surface area contributed by atoms with Gasteiger partial charge in [-0.25, -0.2) is 0 Å². The first-order valence-electron chi connectivity index (χ1n) is 8.98. The van der Waals surface area contributed by atoms with Crippen molar-refractivity contribution in [2.75, 3.05) is 14.2 Å². The van der Waals surface area contributed by atoms with Crippen LogP contribution in [0.25, 0.3) is 0 Å². The van der Waals surface area contributed by atoms with Gasteiger partial charge in [-0.3, -0.25) is 0 Å². The summed E-state index contributed by atoms with van der Waals surface area (Å²) in [5.74, 6) is 3.84. The number of ether oxygens (including phenoxy) is 2. The Morgan fingerprint density at radius 1 is 1.17 bits per heavy atom. The molecule has 23 heavy (non-hydrogen) atoms. The number of benzene rings is 1. The molecule has 3 aliphatic rings. The predicted octanol–water partition coefficient (Wildman–Crippen LogP) is 3.92. The third-order valence-corrected chi connectivity index (χ3v) is 6.96. The van der Waals surface area contributed by atoms with Gasteiger partial charge in [0, 0.05) is 11.6 Å². The van der Waals surface area contributed by atoms with E-state index in [4.69, 9.17) is 9.47 Å². The first-order valence-corrected chi connectivity index (χ1v) is 8.98. The van der Waals surface area contributed by atoms with Gasteiger partial charge in [-0.05, 0) is 73.3 Å². The molecule has 4 rings (SSSR count). The SMILES string of the molecule is COc1cc2c(c(OC)c1)[C@H]1CC[C@]3(C)C[C@@H](O)C[C@H]3[C@@H]1CC2. The van der Waals surface area contributed by atoms with Gasteiger partial charge >= 0.3 is 0 Å². The fourth-order valence-electron chi connectivity index (χ4n) is 5.96. The van der Waals surface area contributed by atoms with Crippen molar-refractivity contribution in [3.63, 3.8) is 0 Å².